The fourth-order valence-electron chi connectivity index (χ4n) is 2.91. The predicted molar refractivity (Wildman–Crippen MR) is 99.1 cm³/mol. The average molecular weight is 358 g/mol. The van der Waals surface area contributed by atoms with Gasteiger partial charge in [0.15, 0.2) is 0 Å². The molecule has 2 N–H and O–H groups in total. The van der Waals surface area contributed by atoms with Crippen molar-refractivity contribution >= 4 is 39.3 Å². The van der Waals surface area contributed by atoms with Crippen LogP contribution in [0, 0.1) is 5.82 Å². The summed E-state index contributed by atoms with van der Waals surface area (Å²) in [7, 11) is 0. The number of hydrogen-bond donors (Lipinski definition) is 2. The van der Waals surface area contributed by atoms with Gasteiger partial charge in [-0.2, -0.15) is 0 Å². The van der Waals surface area contributed by atoms with Gasteiger partial charge >= 0.3 is 0 Å². The molecule has 0 spiro atoms. The van der Waals surface area contributed by atoms with E-state index < -0.39 is 0 Å². The van der Waals surface area contributed by atoms with Gasteiger partial charge in [-0.1, -0.05) is 54.1 Å². The SMILES string of the molecule is OC1=C(c2ccc(F)cc2)CNc2sc(Cl)c(-c3ccccc3)c21. The molecule has 2 nitrogen and oxygen atoms in total. The van der Waals surface area contributed by atoms with Crippen molar-refractivity contribution in [2.24, 2.45) is 0 Å². The van der Waals surface area contributed by atoms with Crippen molar-refractivity contribution in [1.29, 1.82) is 0 Å². The lowest BCUT2D eigenvalue weighted by atomic mass is 9.95. The van der Waals surface area contributed by atoms with Gasteiger partial charge in [0.2, 0.25) is 0 Å². The zero-order valence-corrected chi connectivity index (χ0v) is 14.1. The molecule has 0 radical (unpaired) electrons. The summed E-state index contributed by atoms with van der Waals surface area (Å²) in [5.41, 5.74) is 4.00. The summed E-state index contributed by atoms with van der Waals surface area (Å²) in [6.45, 7) is 0.468. The molecule has 0 fully saturated rings. The highest BCUT2D eigenvalue weighted by Gasteiger charge is 2.27. The summed E-state index contributed by atoms with van der Waals surface area (Å²) in [4.78, 5) is 0. The fourth-order valence-corrected chi connectivity index (χ4v) is 4.29. The molecule has 0 saturated heterocycles. The highest BCUT2D eigenvalue weighted by Crippen LogP contribution is 2.49. The first-order chi connectivity index (χ1) is 11.6. The Kier molecular flexibility index (Phi) is 3.79. The Morgan fingerprint density at radius 3 is 2.38 bits per heavy atom. The Bertz CT molecular complexity index is 932. The van der Waals surface area contributed by atoms with Crippen LogP contribution < -0.4 is 5.32 Å². The summed E-state index contributed by atoms with van der Waals surface area (Å²) >= 11 is 7.86. The zero-order valence-electron chi connectivity index (χ0n) is 12.5. The molecule has 4 rings (SSSR count). The summed E-state index contributed by atoms with van der Waals surface area (Å²) < 4.78 is 13.8. The van der Waals surface area contributed by atoms with Gasteiger partial charge in [0, 0.05) is 17.7 Å². The minimum absolute atomic E-state index is 0.192. The van der Waals surface area contributed by atoms with Crippen LogP contribution in [-0.2, 0) is 0 Å². The molecule has 0 aliphatic carbocycles. The molecule has 1 aliphatic rings. The summed E-state index contributed by atoms with van der Waals surface area (Å²) in [5.74, 6) is -0.107. The molecule has 2 aromatic carbocycles. The fraction of sp³-hybridized carbons (Fsp3) is 0.0526. The van der Waals surface area contributed by atoms with E-state index in [1.54, 1.807) is 12.1 Å². The third-order valence-electron chi connectivity index (χ3n) is 4.07. The molecule has 3 aromatic rings. The van der Waals surface area contributed by atoms with Crippen LogP contribution in [0.3, 0.4) is 0 Å². The van der Waals surface area contributed by atoms with Crippen molar-refractivity contribution in [3.63, 3.8) is 0 Å². The number of anilines is 1. The van der Waals surface area contributed by atoms with E-state index in [4.69, 9.17) is 11.6 Å². The van der Waals surface area contributed by atoms with Crippen molar-refractivity contribution in [3.8, 4) is 11.1 Å². The van der Waals surface area contributed by atoms with E-state index in [9.17, 15) is 9.50 Å². The minimum atomic E-state index is -0.299. The maximum Gasteiger partial charge on any atom is 0.132 e. The van der Waals surface area contributed by atoms with Crippen molar-refractivity contribution in [2.45, 2.75) is 0 Å². The highest BCUT2D eigenvalue weighted by molar-refractivity contribution is 7.21. The lowest BCUT2D eigenvalue weighted by molar-refractivity contribution is 0.512. The molecule has 0 saturated carbocycles. The number of rotatable bonds is 2. The third kappa shape index (κ3) is 2.48. The largest absolute Gasteiger partial charge is 0.507 e. The molecule has 0 unspecified atom stereocenters. The van der Waals surface area contributed by atoms with Crippen molar-refractivity contribution in [2.75, 3.05) is 11.9 Å². The van der Waals surface area contributed by atoms with E-state index in [1.807, 2.05) is 30.3 Å². The second kappa shape index (κ2) is 5.96. The second-order valence-corrected chi connectivity index (χ2v) is 7.13. The number of hydrogen-bond acceptors (Lipinski definition) is 3. The number of halogens is 2. The van der Waals surface area contributed by atoms with Crippen LogP contribution in [0.5, 0.6) is 0 Å². The zero-order chi connectivity index (χ0) is 16.7. The maximum atomic E-state index is 13.2. The standard InChI is InChI=1S/C19H13ClFNOS/c20-18-15(12-4-2-1-3-5-12)16-17(23)14(10-22-19(16)24-18)11-6-8-13(21)9-7-11/h1-9,22-23H,10H2. The molecular formula is C19H13ClFNOS. The van der Waals surface area contributed by atoms with Crippen molar-refractivity contribution in [1.82, 2.24) is 0 Å². The monoisotopic (exact) mass is 357 g/mol. The number of nitrogens with one attached hydrogen (secondary N) is 1. The van der Waals surface area contributed by atoms with Gasteiger partial charge in [0.1, 0.15) is 20.9 Å². The van der Waals surface area contributed by atoms with Gasteiger partial charge in [-0.25, -0.2) is 4.39 Å². The van der Waals surface area contributed by atoms with E-state index in [-0.39, 0.29) is 11.6 Å². The smallest absolute Gasteiger partial charge is 0.132 e. The molecule has 0 atom stereocenters. The van der Waals surface area contributed by atoms with Gasteiger partial charge in [0.25, 0.3) is 0 Å². The van der Waals surface area contributed by atoms with Crippen LogP contribution in [0.4, 0.5) is 9.39 Å². The van der Waals surface area contributed by atoms with E-state index >= 15 is 0 Å². The van der Waals surface area contributed by atoms with E-state index in [0.717, 1.165) is 27.3 Å². The summed E-state index contributed by atoms with van der Waals surface area (Å²) in [6, 6.07) is 15.9. The van der Waals surface area contributed by atoms with Crippen LogP contribution in [0.2, 0.25) is 4.34 Å². The minimum Gasteiger partial charge on any atom is -0.507 e. The number of aliphatic hydroxyl groups excluding tert-OH is 1. The van der Waals surface area contributed by atoms with Gasteiger partial charge in [-0.3, -0.25) is 0 Å². The molecule has 0 amide bonds. The maximum absolute atomic E-state index is 13.2. The van der Waals surface area contributed by atoms with E-state index in [1.165, 1.54) is 23.5 Å². The molecule has 5 heteroatoms. The van der Waals surface area contributed by atoms with Crippen LogP contribution in [0.1, 0.15) is 11.1 Å². The lowest BCUT2D eigenvalue weighted by Crippen LogP contribution is -2.12. The predicted octanol–water partition coefficient (Wildman–Crippen LogP) is 6.06. The number of benzene rings is 2. The summed E-state index contributed by atoms with van der Waals surface area (Å²) in [5, 5.41) is 15.1. The van der Waals surface area contributed by atoms with Crippen molar-refractivity contribution in [3.05, 3.63) is 75.9 Å². The normalized spacial score (nSPS) is 13.6. The van der Waals surface area contributed by atoms with Crippen LogP contribution in [0.25, 0.3) is 22.5 Å². The molecule has 24 heavy (non-hydrogen) atoms. The average Bonchev–Trinajstić information content (AvgIpc) is 2.94. The first-order valence-electron chi connectivity index (χ1n) is 7.45. The Morgan fingerprint density at radius 1 is 0.958 bits per heavy atom. The highest BCUT2D eigenvalue weighted by atomic mass is 35.5. The van der Waals surface area contributed by atoms with Gasteiger partial charge in [-0.15, -0.1) is 11.3 Å². The summed E-state index contributed by atoms with van der Waals surface area (Å²) in [6.07, 6.45) is 0. The van der Waals surface area contributed by atoms with Gasteiger partial charge in [-0.05, 0) is 23.3 Å². The molecule has 2 heterocycles. The number of aliphatic hydroxyl groups is 1. The third-order valence-corrected chi connectivity index (χ3v) is 5.43. The Labute approximate surface area is 147 Å². The lowest BCUT2D eigenvalue weighted by Gasteiger charge is -2.20. The van der Waals surface area contributed by atoms with Crippen LogP contribution in [0.15, 0.2) is 54.6 Å². The molecule has 1 aromatic heterocycles. The van der Waals surface area contributed by atoms with Crippen LogP contribution in [-0.4, -0.2) is 11.7 Å². The first kappa shape index (κ1) is 15.2. The molecule has 0 bridgehead atoms. The molecule has 1 aliphatic heterocycles. The van der Waals surface area contributed by atoms with Crippen LogP contribution >= 0.6 is 22.9 Å². The number of fused-ring (bicyclic) bond motifs is 1. The Hall–Kier alpha value is -2.30. The Balaban J connectivity index is 1.91. The topological polar surface area (TPSA) is 32.3 Å². The van der Waals surface area contributed by atoms with Gasteiger partial charge in [0.05, 0.1) is 5.56 Å². The molecule has 120 valence electrons. The quantitative estimate of drug-likeness (QED) is 0.584. The van der Waals surface area contributed by atoms with Gasteiger partial charge < -0.3 is 10.4 Å². The number of thiophene rings is 1. The second-order valence-electron chi connectivity index (χ2n) is 5.51. The first-order valence-corrected chi connectivity index (χ1v) is 8.64. The van der Waals surface area contributed by atoms with Crippen molar-refractivity contribution < 1.29 is 9.50 Å². The van der Waals surface area contributed by atoms with E-state index in [0.29, 0.717) is 16.4 Å². The van der Waals surface area contributed by atoms with E-state index in [2.05, 4.69) is 5.32 Å². The Morgan fingerprint density at radius 2 is 1.67 bits per heavy atom. The molecular weight excluding hydrogens is 345 g/mol.